The van der Waals surface area contributed by atoms with Gasteiger partial charge in [-0.25, -0.2) is 4.79 Å². The molecule has 1 saturated carbocycles. The molecule has 0 radical (unpaired) electrons. The fraction of sp³-hybridized carbons (Fsp3) is 0.423. The van der Waals surface area contributed by atoms with Crippen LogP contribution in [0.5, 0.6) is 11.5 Å². The summed E-state index contributed by atoms with van der Waals surface area (Å²) in [7, 11) is 1.58. The number of hydrogen-bond acceptors (Lipinski definition) is 6. The Hall–Kier alpha value is -3.75. The van der Waals surface area contributed by atoms with Gasteiger partial charge in [-0.15, -0.1) is 0 Å². The number of carbonyl (C=O) groups excluding carboxylic acids is 3. The smallest absolute Gasteiger partial charge is 0.407 e. The number of nitrogens with two attached hydrogens (primary N) is 1. The normalized spacial score (nSPS) is 14.9. The van der Waals surface area contributed by atoms with E-state index in [4.69, 9.17) is 19.9 Å². The molecule has 1 aliphatic carbocycles. The number of primary amides is 1. The molecule has 3 rings (SSSR count). The van der Waals surface area contributed by atoms with E-state index < -0.39 is 29.1 Å². The van der Waals surface area contributed by atoms with Crippen LogP contribution in [-0.2, 0) is 19.7 Å². The van der Waals surface area contributed by atoms with Gasteiger partial charge in [0.1, 0.15) is 29.7 Å². The van der Waals surface area contributed by atoms with E-state index in [1.807, 2.05) is 24.3 Å². The average molecular weight is 484 g/mol. The highest BCUT2D eigenvalue weighted by Gasteiger charge is 2.52. The van der Waals surface area contributed by atoms with Crippen LogP contribution in [0.3, 0.4) is 0 Å². The van der Waals surface area contributed by atoms with E-state index in [1.54, 1.807) is 52.1 Å². The molecule has 188 valence electrons. The van der Waals surface area contributed by atoms with E-state index in [1.165, 1.54) is 0 Å². The van der Waals surface area contributed by atoms with Crippen LogP contribution in [0.2, 0.25) is 0 Å². The second-order valence-corrected chi connectivity index (χ2v) is 9.47. The third-order valence-corrected chi connectivity index (χ3v) is 5.62. The molecule has 35 heavy (non-hydrogen) atoms. The lowest BCUT2D eigenvalue weighted by atomic mass is 9.94. The lowest BCUT2D eigenvalue weighted by Gasteiger charge is -2.22. The van der Waals surface area contributed by atoms with Crippen molar-refractivity contribution in [2.75, 3.05) is 20.3 Å². The number of rotatable bonds is 10. The van der Waals surface area contributed by atoms with Gasteiger partial charge in [-0.2, -0.15) is 0 Å². The summed E-state index contributed by atoms with van der Waals surface area (Å²) in [5, 5.41) is 5.43. The number of alkyl carbamates (subject to hydrolysis) is 1. The fourth-order valence-electron chi connectivity index (χ4n) is 3.69. The van der Waals surface area contributed by atoms with E-state index in [-0.39, 0.29) is 19.1 Å². The lowest BCUT2D eigenvalue weighted by molar-refractivity contribution is -0.129. The molecule has 9 nitrogen and oxygen atoms in total. The van der Waals surface area contributed by atoms with Crippen LogP contribution in [0.25, 0.3) is 0 Å². The SMILES string of the molecule is COc1ccc(C2(C(=O)NC(C(N)=O)c3cccc(OCCNC(=O)OC(C)(C)C)c3)CC2)cc1. The number of hydrogen-bond donors (Lipinski definition) is 3. The van der Waals surface area contributed by atoms with E-state index in [9.17, 15) is 14.4 Å². The topological polar surface area (TPSA) is 129 Å². The van der Waals surface area contributed by atoms with Gasteiger partial charge in [-0.05, 0) is 69.0 Å². The van der Waals surface area contributed by atoms with Gasteiger partial charge < -0.3 is 30.6 Å². The molecule has 0 bridgehead atoms. The molecule has 0 aromatic heterocycles. The summed E-state index contributed by atoms with van der Waals surface area (Å²) in [4.78, 5) is 37.2. The molecular formula is C26H33N3O6. The standard InChI is InChI=1S/C26H33N3O6/c1-25(2,3)35-24(32)28-14-15-34-20-7-5-6-17(16-20)21(22(27)30)29-23(31)26(12-13-26)18-8-10-19(33-4)11-9-18/h5-11,16,21H,12-15H2,1-4H3,(H2,27,30)(H,28,32)(H,29,31). The van der Waals surface area contributed by atoms with Crippen molar-refractivity contribution < 1.29 is 28.6 Å². The summed E-state index contributed by atoms with van der Waals surface area (Å²) in [5.74, 6) is 0.260. The van der Waals surface area contributed by atoms with E-state index >= 15 is 0 Å². The second-order valence-electron chi connectivity index (χ2n) is 9.47. The van der Waals surface area contributed by atoms with Crippen molar-refractivity contribution in [3.8, 4) is 11.5 Å². The van der Waals surface area contributed by atoms with Gasteiger partial charge >= 0.3 is 6.09 Å². The zero-order chi connectivity index (χ0) is 25.6. The summed E-state index contributed by atoms with van der Waals surface area (Å²) in [6.45, 7) is 5.77. The van der Waals surface area contributed by atoms with Crippen LogP contribution >= 0.6 is 0 Å². The number of ether oxygens (including phenoxy) is 3. The summed E-state index contributed by atoms with van der Waals surface area (Å²) in [6, 6.07) is 13.1. The first kappa shape index (κ1) is 25.9. The molecule has 2 aromatic rings. The van der Waals surface area contributed by atoms with Crippen LogP contribution in [0.15, 0.2) is 48.5 Å². The van der Waals surface area contributed by atoms with Gasteiger partial charge in [0.05, 0.1) is 19.1 Å². The molecule has 1 fully saturated rings. The molecule has 4 N–H and O–H groups in total. The molecule has 1 aliphatic rings. The van der Waals surface area contributed by atoms with Crippen LogP contribution in [-0.4, -0.2) is 43.8 Å². The number of methoxy groups -OCH3 is 1. The van der Waals surface area contributed by atoms with E-state index in [0.717, 1.165) is 5.56 Å². The van der Waals surface area contributed by atoms with Crippen molar-refractivity contribution in [2.45, 2.75) is 50.7 Å². The van der Waals surface area contributed by atoms with Gasteiger partial charge in [-0.1, -0.05) is 24.3 Å². The molecule has 2 aromatic carbocycles. The van der Waals surface area contributed by atoms with Crippen molar-refractivity contribution in [1.29, 1.82) is 0 Å². The van der Waals surface area contributed by atoms with Crippen LogP contribution < -0.4 is 25.8 Å². The highest BCUT2D eigenvalue weighted by atomic mass is 16.6. The van der Waals surface area contributed by atoms with E-state index in [2.05, 4.69) is 10.6 Å². The minimum absolute atomic E-state index is 0.191. The molecule has 3 amide bonds. The molecule has 1 unspecified atom stereocenters. The summed E-state index contributed by atoms with van der Waals surface area (Å²) in [6.07, 6.45) is 0.840. The molecule has 0 heterocycles. The predicted molar refractivity (Wildman–Crippen MR) is 130 cm³/mol. The lowest BCUT2D eigenvalue weighted by Crippen LogP contribution is -2.42. The number of amides is 3. The van der Waals surface area contributed by atoms with Crippen molar-refractivity contribution in [3.63, 3.8) is 0 Å². The third-order valence-electron chi connectivity index (χ3n) is 5.62. The first-order chi connectivity index (χ1) is 16.5. The molecule has 0 aliphatic heterocycles. The minimum atomic E-state index is -1.01. The highest BCUT2D eigenvalue weighted by Crippen LogP contribution is 2.49. The number of carbonyl (C=O) groups is 3. The molecular weight excluding hydrogens is 450 g/mol. The quantitative estimate of drug-likeness (QED) is 0.446. The maximum Gasteiger partial charge on any atom is 0.407 e. The summed E-state index contributed by atoms with van der Waals surface area (Å²) in [5.41, 5.74) is 5.76. The maximum atomic E-state index is 13.2. The second kappa shape index (κ2) is 10.7. The zero-order valence-corrected chi connectivity index (χ0v) is 20.6. The average Bonchev–Trinajstić information content (AvgIpc) is 3.61. The Kier molecular flexibility index (Phi) is 7.89. The first-order valence-corrected chi connectivity index (χ1v) is 11.5. The molecule has 1 atom stereocenters. The van der Waals surface area contributed by atoms with Crippen LogP contribution in [0, 0.1) is 0 Å². The third kappa shape index (κ3) is 6.88. The maximum absolute atomic E-state index is 13.2. The summed E-state index contributed by atoms with van der Waals surface area (Å²) >= 11 is 0. The zero-order valence-electron chi connectivity index (χ0n) is 20.6. The number of benzene rings is 2. The molecule has 9 heteroatoms. The molecule has 0 spiro atoms. The van der Waals surface area contributed by atoms with Gasteiger partial charge in [-0.3, -0.25) is 9.59 Å². The van der Waals surface area contributed by atoms with Crippen molar-refractivity contribution in [3.05, 3.63) is 59.7 Å². The van der Waals surface area contributed by atoms with E-state index in [0.29, 0.717) is 29.9 Å². The predicted octanol–water partition coefficient (Wildman–Crippen LogP) is 2.97. The van der Waals surface area contributed by atoms with Crippen molar-refractivity contribution >= 4 is 17.9 Å². The Balaban J connectivity index is 1.62. The fourth-order valence-corrected chi connectivity index (χ4v) is 3.69. The Morgan fingerprint density at radius 1 is 1.06 bits per heavy atom. The Labute approximate surface area is 205 Å². The Morgan fingerprint density at radius 2 is 1.74 bits per heavy atom. The summed E-state index contributed by atoms with van der Waals surface area (Å²) < 4.78 is 16.1. The van der Waals surface area contributed by atoms with Gasteiger partial charge in [0.15, 0.2) is 0 Å². The van der Waals surface area contributed by atoms with Crippen molar-refractivity contribution in [1.82, 2.24) is 10.6 Å². The van der Waals surface area contributed by atoms with Gasteiger partial charge in [0, 0.05) is 0 Å². The monoisotopic (exact) mass is 483 g/mol. The largest absolute Gasteiger partial charge is 0.497 e. The van der Waals surface area contributed by atoms with Crippen LogP contribution in [0.1, 0.15) is 50.8 Å². The number of nitrogens with one attached hydrogen (secondary N) is 2. The van der Waals surface area contributed by atoms with Gasteiger partial charge in [0.25, 0.3) is 0 Å². The Morgan fingerprint density at radius 3 is 2.31 bits per heavy atom. The van der Waals surface area contributed by atoms with Crippen molar-refractivity contribution in [2.24, 2.45) is 5.73 Å². The highest BCUT2D eigenvalue weighted by molar-refractivity contribution is 5.95. The molecule has 0 saturated heterocycles. The van der Waals surface area contributed by atoms with Crippen LogP contribution in [0.4, 0.5) is 4.79 Å². The van der Waals surface area contributed by atoms with Gasteiger partial charge in [0.2, 0.25) is 11.8 Å². The minimum Gasteiger partial charge on any atom is -0.497 e. The Bertz CT molecular complexity index is 1060. The first-order valence-electron chi connectivity index (χ1n) is 11.5.